The summed E-state index contributed by atoms with van der Waals surface area (Å²) in [6.07, 6.45) is 2.50. The molecule has 0 aliphatic heterocycles. The summed E-state index contributed by atoms with van der Waals surface area (Å²) in [6, 6.07) is 5.81. The molecular formula is C17H25N5O2. The van der Waals surface area contributed by atoms with E-state index in [-0.39, 0.29) is 5.92 Å². The van der Waals surface area contributed by atoms with Gasteiger partial charge in [-0.25, -0.2) is 0 Å². The third kappa shape index (κ3) is 6.68. The van der Waals surface area contributed by atoms with E-state index >= 15 is 0 Å². The Balaban J connectivity index is 2.87. The normalized spacial score (nSPS) is 15.5. The highest BCUT2D eigenvalue weighted by molar-refractivity contribution is 6.40. The van der Waals surface area contributed by atoms with E-state index in [0.717, 1.165) is 12.1 Å². The predicted octanol–water partition coefficient (Wildman–Crippen LogP) is 2.86. The van der Waals surface area contributed by atoms with Gasteiger partial charge in [0.05, 0.1) is 22.8 Å². The lowest BCUT2D eigenvalue weighted by molar-refractivity contribution is 0.319. The smallest absolute Gasteiger partial charge is 0.0971 e. The fourth-order valence-electron chi connectivity index (χ4n) is 1.91. The molecule has 1 aromatic rings. The lowest BCUT2D eigenvalue weighted by atomic mass is 10.0. The van der Waals surface area contributed by atoms with Gasteiger partial charge in [0.15, 0.2) is 0 Å². The molecule has 7 nitrogen and oxygen atoms in total. The van der Waals surface area contributed by atoms with E-state index in [1.807, 2.05) is 32.0 Å². The number of oxime groups is 2. The second-order valence-corrected chi connectivity index (χ2v) is 5.61. The predicted molar refractivity (Wildman–Crippen MR) is 97.2 cm³/mol. The van der Waals surface area contributed by atoms with Crippen LogP contribution in [-0.4, -0.2) is 51.3 Å². The quantitative estimate of drug-likeness (QED) is 0.435. The van der Waals surface area contributed by atoms with Crippen LogP contribution in [0.4, 0.5) is 0 Å². The summed E-state index contributed by atoms with van der Waals surface area (Å²) in [7, 11) is 0. The molecule has 0 aliphatic carbocycles. The summed E-state index contributed by atoms with van der Waals surface area (Å²) in [5.74, 6) is 0.141. The van der Waals surface area contributed by atoms with Crippen molar-refractivity contribution in [2.24, 2.45) is 26.2 Å². The Labute approximate surface area is 142 Å². The van der Waals surface area contributed by atoms with Crippen LogP contribution in [0.1, 0.15) is 33.4 Å². The molecule has 0 bridgehead atoms. The van der Waals surface area contributed by atoms with Gasteiger partial charge in [-0.15, -0.1) is 0 Å². The van der Waals surface area contributed by atoms with E-state index < -0.39 is 0 Å². The summed E-state index contributed by atoms with van der Waals surface area (Å²) in [5, 5.41) is 23.9. The van der Waals surface area contributed by atoms with E-state index in [9.17, 15) is 0 Å². The number of hydrogen-bond donors (Lipinski definition) is 2. The monoisotopic (exact) mass is 331 g/mol. The molecule has 1 heterocycles. The van der Waals surface area contributed by atoms with Gasteiger partial charge in [-0.05, 0) is 46.2 Å². The Bertz CT molecular complexity index is 600. The minimum Gasteiger partial charge on any atom is -0.411 e. The molecule has 7 heteroatoms. The zero-order valence-electron chi connectivity index (χ0n) is 14.6. The maximum Gasteiger partial charge on any atom is 0.0971 e. The SMILES string of the molecule is CC(=NO)C(C)=NCC(CN=C(C)C(C)=NO)Cc1ccccn1. The summed E-state index contributed by atoms with van der Waals surface area (Å²) in [6.45, 7) is 8.11. The molecule has 2 N–H and O–H groups in total. The maximum atomic E-state index is 8.81. The minimum atomic E-state index is 0.141. The van der Waals surface area contributed by atoms with Gasteiger partial charge in [-0.1, -0.05) is 16.4 Å². The van der Waals surface area contributed by atoms with Crippen LogP contribution in [0.5, 0.6) is 0 Å². The van der Waals surface area contributed by atoms with Crippen LogP contribution < -0.4 is 0 Å². The van der Waals surface area contributed by atoms with Gasteiger partial charge in [0.1, 0.15) is 0 Å². The number of nitrogens with zero attached hydrogens (tertiary/aromatic N) is 5. The lowest BCUT2D eigenvalue weighted by Gasteiger charge is -2.13. The zero-order chi connectivity index (χ0) is 17.9. The molecule has 0 aromatic carbocycles. The standard InChI is InChI=1S/C17H25N5O2/c1-12(14(3)21-23)19-10-16(9-17-7-5-6-8-18-17)11-20-13(2)15(4)22-24/h5-8,16,23-24H,9-11H2,1-4H3. The largest absolute Gasteiger partial charge is 0.411 e. The second-order valence-electron chi connectivity index (χ2n) is 5.61. The topological polar surface area (TPSA) is 103 Å². The van der Waals surface area contributed by atoms with Crippen molar-refractivity contribution in [2.75, 3.05) is 13.1 Å². The molecule has 0 saturated heterocycles. The summed E-state index contributed by atoms with van der Waals surface area (Å²) in [5.41, 5.74) is 3.35. The first-order valence-electron chi connectivity index (χ1n) is 7.78. The maximum absolute atomic E-state index is 8.81. The fourth-order valence-corrected chi connectivity index (χ4v) is 1.91. The van der Waals surface area contributed by atoms with Gasteiger partial charge in [-0.3, -0.25) is 15.0 Å². The van der Waals surface area contributed by atoms with Gasteiger partial charge in [0, 0.05) is 30.9 Å². The van der Waals surface area contributed by atoms with Gasteiger partial charge < -0.3 is 10.4 Å². The Morgan fingerprint density at radius 1 is 0.917 bits per heavy atom. The third-order valence-corrected chi connectivity index (χ3v) is 3.74. The number of pyridine rings is 1. The molecule has 130 valence electrons. The van der Waals surface area contributed by atoms with E-state index in [2.05, 4.69) is 25.3 Å². The van der Waals surface area contributed by atoms with Crippen LogP contribution in [0.25, 0.3) is 0 Å². The summed E-state index contributed by atoms with van der Waals surface area (Å²) < 4.78 is 0. The minimum absolute atomic E-state index is 0.141. The van der Waals surface area contributed by atoms with Crippen molar-refractivity contribution in [1.82, 2.24) is 4.98 Å². The lowest BCUT2D eigenvalue weighted by Crippen LogP contribution is -2.18. The Hall–Kier alpha value is -2.57. The first-order chi connectivity index (χ1) is 11.5. The number of aromatic nitrogens is 1. The zero-order valence-corrected chi connectivity index (χ0v) is 14.6. The average Bonchev–Trinajstić information content (AvgIpc) is 2.62. The van der Waals surface area contributed by atoms with Crippen LogP contribution in [0, 0.1) is 5.92 Å². The molecule has 24 heavy (non-hydrogen) atoms. The molecule has 1 aromatic heterocycles. The van der Waals surface area contributed by atoms with Crippen molar-refractivity contribution >= 4 is 22.8 Å². The summed E-state index contributed by atoms with van der Waals surface area (Å²) >= 11 is 0. The highest BCUT2D eigenvalue weighted by Gasteiger charge is 2.11. The van der Waals surface area contributed by atoms with Crippen molar-refractivity contribution in [3.05, 3.63) is 30.1 Å². The first kappa shape index (κ1) is 19.5. The summed E-state index contributed by atoms with van der Waals surface area (Å²) in [4.78, 5) is 13.3. The second kappa shape index (κ2) is 10.3. The van der Waals surface area contributed by atoms with Crippen molar-refractivity contribution in [1.29, 1.82) is 0 Å². The average molecular weight is 331 g/mol. The van der Waals surface area contributed by atoms with Gasteiger partial charge in [0.2, 0.25) is 0 Å². The van der Waals surface area contributed by atoms with Crippen LogP contribution in [0.3, 0.4) is 0 Å². The molecule has 0 amide bonds. The van der Waals surface area contributed by atoms with E-state index in [1.165, 1.54) is 0 Å². The molecular weight excluding hydrogens is 306 g/mol. The van der Waals surface area contributed by atoms with Gasteiger partial charge in [0.25, 0.3) is 0 Å². The molecule has 1 rings (SSSR count). The van der Waals surface area contributed by atoms with Crippen molar-refractivity contribution in [3.63, 3.8) is 0 Å². The van der Waals surface area contributed by atoms with Crippen LogP contribution in [0.15, 0.2) is 44.7 Å². The molecule has 0 aliphatic rings. The number of rotatable bonds is 8. The van der Waals surface area contributed by atoms with Gasteiger partial charge >= 0.3 is 0 Å². The molecule has 0 fully saturated rings. The van der Waals surface area contributed by atoms with Gasteiger partial charge in [-0.2, -0.15) is 0 Å². The van der Waals surface area contributed by atoms with Crippen molar-refractivity contribution in [2.45, 2.75) is 34.1 Å². The Morgan fingerprint density at radius 2 is 1.46 bits per heavy atom. The molecule has 0 atom stereocenters. The number of hydrogen-bond acceptors (Lipinski definition) is 7. The van der Waals surface area contributed by atoms with Crippen molar-refractivity contribution < 1.29 is 10.4 Å². The highest BCUT2D eigenvalue weighted by atomic mass is 16.4. The van der Waals surface area contributed by atoms with E-state index in [1.54, 1.807) is 20.0 Å². The van der Waals surface area contributed by atoms with E-state index in [0.29, 0.717) is 35.9 Å². The third-order valence-electron chi connectivity index (χ3n) is 3.74. The highest BCUT2D eigenvalue weighted by Crippen LogP contribution is 2.09. The molecule has 0 radical (unpaired) electrons. The van der Waals surface area contributed by atoms with Crippen LogP contribution >= 0.6 is 0 Å². The molecule has 0 saturated carbocycles. The van der Waals surface area contributed by atoms with Crippen LogP contribution in [0.2, 0.25) is 0 Å². The molecule has 0 unspecified atom stereocenters. The Kier molecular flexibility index (Phi) is 8.32. The number of aliphatic imine (C=N–C) groups is 2. The molecule has 0 spiro atoms. The Morgan fingerprint density at radius 3 is 1.88 bits per heavy atom. The van der Waals surface area contributed by atoms with Crippen LogP contribution in [-0.2, 0) is 6.42 Å². The first-order valence-corrected chi connectivity index (χ1v) is 7.78. The fraction of sp³-hybridized carbons (Fsp3) is 0.471. The van der Waals surface area contributed by atoms with Crippen molar-refractivity contribution in [3.8, 4) is 0 Å². The van der Waals surface area contributed by atoms with E-state index in [4.69, 9.17) is 10.4 Å².